The zero-order valence-corrected chi connectivity index (χ0v) is 7.89. The number of rotatable bonds is 2. The molecule has 0 atom stereocenters. The average Bonchev–Trinajstić information content (AvgIpc) is 2.33. The van der Waals surface area contributed by atoms with E-state index in [1.54, 1.807) is 0 Å². The van der Waals surface area contributed by atoms with E-state index in [2.05, 4.69) is 47.1 Å². The summed E-state index contributed by atoms with van der Waals surface area (Å²) in [4.78, 5) is 0. The van der Waals surface area contributed by atoms with E-state index in [9.17, 15) is 0 Å². The first-order valence-corrected chi connectivity index (χ1v) is 4.37. The zero-order chi connectivity index (χ0) is 8.43. The van der Waals surface area contributed by atoms with Crippen molar-refractivity contribution in [3.05, 3.63) is 23.1 Å². The third-order valence-electron chi connectivity index (χ3n) is 2.13. The molecule has 0 aliphatic carbocycles. The molecule has 0 nitrogen and oxygen atoms in total. The van der Waals surface area contributed by atoms with Crippen LogP contribution in [0.3, 0.4) is 0 Å². The van der Waals surface area contributed by atoms with Crippen LogP contribution < -0.4 is 0 Å². The van der Waals surface area contributed by atoms with Crippen LogP contribution in [-0.4, -0.2) is 7.28 Å². The normalized spacial score (nSPS) is 16.9. The van der Waals surface area contributed by atoms with Crippen LogP contribution >= 0.6 is 0 Å². The minimum Gasteiger partial charge on any atom is -0.100 e. The van der Waals surface area contributed by atoms with Crippen molar-refractivity contribution in [1.29, 1.82) is 0 Å². The molecule has 0 aromatic rings. The topological polar surface area (TPSA) is 0 Å². The van der Waals surface area contributed by atoms with Gasteiger partial charge in [-0.15, -0.1) is 10.9 Å². The average molecular weight is 147 g/mol. The number of hydrogen-bond donors (Lipinski definition) is 0. The van der Waals surface area contributed by atoms with Crippen LogP contribution in [0.15, 0.2) is 23.1 Å². The third kappa shape index (κ3) is 1.98. The summed E-state index contributed by atoms with van der Waals surface area (Å²) in [5.41, 5.74) is 2.93. The van der Waals surface area contributed by atoms with E-state index >= 15 is 0 Å². The lowest BCUT2D eigenvalue weighted by atomic mass is 9.59. The standard InChI is InChI=1S/C10H16B/c1-7(2)9-5-6-10(11-9)8(3)4/h5-8H,1-4H3. The summed E-state index contributed by atoms with van der Waals surface area (Å²) in [5.74, 6) is 1.34. The fraction of sp³-hybridized carbons (Fsp3) is 0.600. The number of hydrogen-bond acceptors (Lipinski definition) is 0. The molecule has 1 radical (unpaired) electrons. The molecule has 1 rings (SSSR count). The van der Waals surface area contributed by atoms with Crippen molar-refractivity contribution in [2.24, 2.45) is 11.8 Å². The largest absolute Gasteiger partial charge is 0.180 e. The Balaban J connectivity index is 2.52. The molecular weight excluding hydrogens is 131 g/mol. The highest BCUT2D eigenvalue weighted by Gasteiger charge is 2.14. The van der Waals surface area contributed by atoms with E-state index in [0.29, 0.717) is 11.8 Å². The van der Waals surface area contributed by atoms with Crippen molar-refractivity contribution in [1.82, 2.24) is 0 Å². The molecule has 0 unspecified atom stereocenters. The van der Waals surface area contributed by atoms with Crippen LogP contribution in [0.4, 0.5) is 0 Å². The molecule has 1 heteroatoms. The molecule has 1 aliphatic rings. The van der Waals surface area contributed by atoms with Gasteiger partial charge in [-0.3, -0.25) is 0 Å². The van der Waals surface area contributed by atoms with Crippen LogP contribution in [0.2, 0.25) is 0 Å². The Bertz CT molecular complexity index is 175. The summed E-state index contributed by atoms with van der Waals surface area (Å²) in [5, 5.41) is 0. The lowest BCUT2D eigenvalue weighted by Crippen LogP contribution is -2.06. The van der Waals surface area contributed by atoms with Crippen LogP contribution in [0.5, 0.6) is 0 Å². The molecule has 0 saturated carbocycles. The molecule has 11 heavy (non-hydrogen) atoms. The molecule has 0 bridgehead atoms. The smallest absolute Gasteiger partial charge is 0.100 e. The summed E-state index contributed by atoms with van der Waals surface area (Å²) in [6.07, 6.45) is 4.47. The van der Waals surface area contributed by atoms with Gasteiger partial charge in [0.05, 0.1) is 0 Å². The SMILES string of the molecule is CC(C)C1=CC=C(C(C)C)[B]1. The maximum Gasteiger partial charge on any atom is 0.180 e. The summed E-state index contributed by atoms with van der Waals surface area (Å²) < 4.78 is 0. The first kappa shape index (κ1) is 8.64. The molecule has 0 N–H and O–H groups in total. The minimum atomic E-state index is 0.669. The Morgan fingerprint density at radius 1 is 0.909 bits per heavy atom. The van der Waals surface area contributed by atoms with Crippen molar-refractivity contribution >= 4 is 7.28 Å². The van der Waals surface area contributed by atoms with Crippen molar-refractivity contribution in [3.8, 4) is 0 Å². The van der Waals surface area contributed by atoms with Gasteiger partial charge in [-0.2, -0.15) is 0 Å². The Labute approximate surface area is 70.6 Å². The second kappa shape index (κ2) is 3.29. The molecule has 1 aliphatic heterocycles. The summed E-state index contributed by atoms with van der Waals surface area (Å²) in [6, 6.07) is 0. The van der Waals surface area contributed by atoms with Crippen LogP contribution in [0.25, 0.3) is 0 Å². The van der Waals surface area contributed by atoms with E-state index in [0.717, 1.165) is 0 Å². The van der Waals surface area contributed by atoms with E-state index in [4.69, 9.17) is 0 Å². The Kier molecular flexibility index (Phi) is 2.59. The van der Waals surface area contributed by atoms with Gasteiger partial charge in [-0.05, 0) is 11.8 Å². The monoisotopic (exact) mass is 147 g/mol. The molecule has 0 aromatic heterocycles. The fourth-order valence-corrected chi connectivity index (χ4v) is 1.20. The highest BCUT2D eigenvalue weighted by Crippen LogP contribution is 2.22. The predicted octanol–water partition coefficient (Wildman–Crippen LogP) is 2.78. The molecule has 59 valence electrons. The van der Waals surface area contributed by atoms with Gasteiger partial charge in [0.25, 0.3) is 0 Å². The summed E-state index contributed by atoms with van der Waals surface area (Å²) >= 11 is 0. The minimum absolute atomic E-state index is 0.669. The summed E-state index contributed by atoms with van der Waals surface area (Å²) in [7, 11) is 2.31. The first-order chi connectivity index (χ1) is 5.11. The van der Waals surface area contributed by atoms with Gasteiger partial charge in [0.2, 0.25) is 0 Å². The predicted molar refractivity (Wildman–Crippen MR) is 51.6 cm³/mol. The highest BCUT2D eigenvalue weighted by molar-refractivity contribution is 6.55. The fourth-order valence-electron chi connectivity index (χ4n) is 1.20. The van der Waals surface area contributed by atoms with Crippen LogP contribution in [-0.2, 0) is 0 Å². The third-order valence-corrected chi connectivity index (χ3v) is 2.13. The lowest BCUT2D eigenvalue weighted by molar-refractivity contribution is 0.800. The van der Waals surface area contributed by atoms with Gasteiger partial charge < -0.3 is 0 Å². The van der Waals surface area contributed by atoms with Gasteiger partial charge in [0, 0.05) is 0 Å². The van der Waals surface area contributed by atoms with Crippen molar-refractivity contribution in [3.63, 3.8) is 0 Å². The maximum atomic E-state index is 2.31. The molecule has 0 spiro atoms. The lowest BCUT2D eigenvalue weighted by Gasteiger charge is -2.09. The second-order valence-corrected chi connectivity index (χ2v) is 3.79. The quantitative estimate of drug-likeness (QED) is 0.527. The molecule has 1 heterocycles. The van der Waals surface area contributed by atoms with Gasteiger partial charge in [0.15, 0.2) is 7.28 Å². The van der Waals surface area contributed by atoms with Crippen molar-refractivity contribution < 1.29 is 0 Å². The van der Waals surface area contributed by atoms with Crippen LogP contribution in [0, 0.1) is 11.8 Å². The molecule has 0 fully saturated rings. The van der Waals surface area contributed by atoms with E-state index in [1.165, 1.54) is 10.9 Å². The molecule has 0 saturated heterocycles. The van der Waals surface area contributed by atoms with E-state index < -0.39 is 0 Å². The van der Waals surface area contributed by atoms with E-state index in [-0.39, 0.29) is 0 Å². The number of allylic oxidation sites excluding steroid dienone is 4. The maximum absolute atomic E-state index is 2.31. The Hall–Kier alpha value is -0.455. The molecular formula is C10H16B. The van der Waals surface area contributed by atoms with Crippen LogP contribution in [0.1, 0.15) is 27.7 Å². The van der Waals surface area contributed by atoms with Gasteiger partial charge in [0.1, 0.15) is 0 Å². The summed E-state index contributed by atoms with van der Waals surface area (Å²) in [6.45, 7) is 8.94. The van der Waals surface area contributed by atoms with E-state index in [1.807, 2.05) is 0 Å². The van der Waals surface area contributed by atoms with Crippen molar-refractivity contribution in [2.45, 2.75) is 27.7 Å². The highest BCUT2D eigenvalue weighted by atomic mass is 14.1. The molecule has 0 aromatic carbocycles. The first-order valence-electron chi connectivity index (χ1n) is 4.37. The second-order valence-electron chi connectivity index (χ2n) is 3.79. The van der Waals surface area contributed by atoms with Crippen molar-refractivity contribution in [2.75, 3.05) is 0 Å². The Morgan fingerprint density at radius 2 is 1.27 bits per heavy atom. The molecule has 0 amide bonds. The van der Waals surface area contributed by atoms with Gasteiger partial charge in [-0.1, -0.05) is 39.8 Å². The van der Waals surface area contributed by atoms with Gasteiger partial charge >= 0.3 is 0 Å². The van der Waals surface area contributed by atoms with Gasteiger partial charge in [-0.25, -0.2) is 0 Å². The Morgan fingerprint density at radius 3 is 1.45 bits per heavy atom. The zero-order valence-electron chi connectivity index (χ0n) is 7.89.